The lowest BCUT2D eigenvalue weighted by molar-refractivity contribution is -0.149. The highest BCUT2D eigenvalue weighted by molar-refractivity contribution is 5.75. The van der Waals surface area contributed by atoms with Crippen LogP contribution in [0.5, 0.6) is 0 Å². The molecule has 0 saturated carbocycles. The highest BCUT2D eigenvalue weighted by Gasteiger charge is 2.21. The summed E-state index contributed by atoms with van der Waals surface area (Å²) in [5, 5.41) is 0. The smallest absolute Gasteiger partial charge is 0.323 e. The second-order valence-corrected chi connectivity index (χ2v) is 10.9. The quantitative estimate of drug-likeness (QED) is 0.159. The molecule has 0 aliphatic carbocycles. The van der Waals surface area contributed by atoms with E-state index in [1.165, 1.54) is 51.4 Å². The summed E-state index contributed by atoms with van der Waals surface area (Å²) in [4.78, 5) is 37.2. The highest BCUT2D eigenvalue weighted by Crippen LogP contribution is 2.17. The van der Waals surface area contributed by atoms with Gasteiger partial charge in [-0.3, -0.25) is 9.59 Å². The van der Waals surface area contributed by atoms with Crippen molar-refractivity contribution in [2.24, 2.45) is 17.6 Å². The van der Waals surface area contributed by atoms with Crippen LogP contribution in [0.3, 0.4) is 0 Å². The fraction of sp³-hybridized carbons (Fsp3) is 0.759. The Balaban J connectivity index is 1.76. The van der Waals surface area contributed by atoms with Gasteiger partial charge in [-0.15, -0.1) is 0 Å². The molecule has 0 unspecified atom stereocenters. The Kier molecular flexibility index (Phi) is 15.4. The van der Waals surface area contributed by atoms with Crippen LogP contribution in [-0.4, -0.2) is 50.7 Å². The molecule has 2 aromatic rings. The Labute approximate surface area is 233 Å². The van der Waals surface area contributed by atoms with Crippen molar-refractivity contribution in [1.29, 1.82) is 0 Å². The van der Waals surface area contributed by atoms with Gasteiger partial charge in [-0.25, -0.2) is 9.97 Å². The number of carbonyl (C=O) groups excluding carboxylic acids is 2. The first kappa shape index (κ1) is 32.5. The zero-order valence-corrected chi connectivity index (χ0v) is 24.3. The minimum Gasteiger partial charge on any atom is -0.465 e. The normalized spacial score (nSPS) is 13.1. The molecule has 4 N–H and O–H groups in total. The Morgan fingerprint density at radius 2 is 1.59 bits per heavy atom. The Hall–Kier alpha value is -2.75. The van der Waals surface area contributed by atoms with Crippen molar-refractivity contribution in [2.45, 2.75) is 117 Å². The molecule has 0 aromatic carbocycles. The van der Waals surface area contributed by atoms with Gasteiger partial charge in [-0.1, -0.05) is 85.0 Å². The average molecular weight is 547 g/mol. The van der Waals surface area contributed by atoms with Gasteiger partial charge in [-0.2, -0.15) is 4.98 Å². The maximum atomic E-state index is 12.4. The Bertz CT molecular complexity index is 980. The summed E-state index contributed by atoms with van der Waals surface area (Å²) < 4.78 is 12.9. The molecule has 10 nitrogen and oxygen atoms in total. The predicted molar refractivity (Wildman–Crippen MR) is 154 cm³/mol. The van der Waals surface area contributed by atoms with Crippen molar-refractivity contribution in [3.8, 4) is 0 Å². The van der Waals surface area contributed by atoms with E-state index in [4.69, 9.17) is 20.9 Å². The van der Waals surface area contributed by atoms with Gasteiger partial charge in [0.05, 0.1) is 25.7 Å². The van der Waals surface area contributed by atoms with E-state index in [2.05, 4.69) is 21.9 Å². The molecule has 0 amide bonds. The van der Waals surface area contributed by atoms with Gasteiger partial charge in [0.2, 0.25) is 5.95 Å². The Morgan fingerprint density at radius 3 is 2.23 bits per heavy atom. The Morgan fingerprint density at radius 1 is 0.949 bits per heavy atom. The van der Waals surface area contributed by atoms with Gasteiger partial charge in [-0.05, 0) is 18.8 Å². The molecule has 2 heterocycles. The van der Waals surface area contributed by atoms with E-state index in [1.54, 1.807) is 12.5 Å². The van der Waals surface area contributed by atoms with Gasteiger partial charge in [0.1, 0.15) is 11.6 Å². The molecule has 0 saturated heterocycles. The van der Waals surface area contributed by atoms with E-state index in [0.717, 1.165) is 19.3 Å². The molecule has 220 valence electrons. The monoisotopic (exact) mass is 546 g/mol. The van der Waals surface area contributed by atoms with Crippen LogP contribution in [0, 0.1) is 11.8 Å². The van der Waals surface area contributed by atoms with Crippen LogP contribution in [0.1, 0.15) is 104 Å². The van der Waals surface area contributed by atoms with Crippen molar-refractivity contribution in [3.63, 3.8) is 0 Å². The molecule has 0 spiro atoms. The van der Waals surface area contributed by atoms with Crippen LogP contribution in [0.2, 0.25) is 0 Å². The minimum atomic E-state index is -0.663. The third-order valence-corrected chi connectivity index (χ3v) is 7.06. The van der Waals surface area contributed by atoms with Crippen LogP contribution in [0.15, 0.2) is 12.5 Å². The first-order valence-corrected chi connectivity index (χ1v) is 14.8. The second kappa shape index (κ2) is 18.5. The van der Waals surface area contributed by atoms with Gasteiger partial charge >= 0.3 is 11.9 Å². The third-order valence-electron chi connectivity index (χ3n) is 7.06. The number of aromatic nitrogens is 4. The van der Waals surface area contributed by atoms with Crippen LogP contribution in [0.4, 0.5) is 5.95 Å². The van der Waals surface area contributed by atoms with Gasteiger partial charge in [0.15, 0.2) is 5.65 Å². The fourth-order valence-electron chi connectivity index (χ4n) is 4.42. The molecular formula is C29H50N6O4. The standard InChI is InChI=1S/C29H50N6O4/c1-4-5-6-7-8-9-10-11-12-13-14-15-25(36)39-20-23(16-17-38-28(37)26(30)22(2)3)19-35-21-33-24-18-32-29(31)34-27(24)35/h18,21-23,26H,4-17,19-20,30H2,1-3H3,(H2,31,32,34)/t23-,26+/m1/s1. The van der Waals surface area contributed by atoms with Crippen molar-refractivity contribution in [2.75, 3.05) is 18.9 Å². The van der Waals surface area contributed by atoms with Crippen LogP contribution >= 0.6 is 0 Å². The first-order valence-electron chi connectivity index (χ1n) is 14.8. The van der Waals surface area contributed by atoms with E-state index in [0.29, 0.717) is 30.6 Å². The number of fused-ring (bicyclic) bond motifs is 1. The summed E-state index contributed by atoms with van der Waals surface area (Å²) in [6.45, 7) is 6.87. The van der Waals surface area contributed by atoms with Crippen LogP contribution in [0.25, 0.3) is 11.2 Å². The van der Waals surface area contributed by atoms with Gasteiger partial charge < -0.3 is 25.5 Å². The van der Waals surface area contributed by atoms with E-state index in [1.807, 2.05) is 18.4 Å². The number of esters is 2. The highest BCUT2D eigenvalue weighted by atomic mass is 16.5. The summed E-state index contributed by atoms with van der Waals surface area (Å²) in [5.74, 6) is -0.575. The molecule has 39 heavy (non-hydrogen) atoms. The lowest BCUT2D eigenvalue weighted by Gasteiger charge is -2.19. The van der Waals surface area contributed by atoms with Gasteiger partial charge in [0.25, 0.3) is 0 Å². The molecule has 2 atom stereocenters. The van der Waals surface area contributed by atoms with Crippen molar-refractivity contribution >= 4 is 29.1 Å². The predicted octanol–water partition coefficient (Wildman–Crippen LogP) is 5.19. The van der Waals surface area contributed by atoms with Crippen LogP contribution in [-0.2, 0) is 25.6 Å². The van der Waals surface area contributed by atoms with E-state index >= 15 is 0 Å². The topological polar surface area (TPSA) is 148 Å². The lowest BCUT2D eigenvalue weighted by Crippen LogP contribution is -2.37. The number of carbonyl (C=O) groups is 2. The number of unbranched alkanes of at least 4 members (excludes halogenated alkanes) is 10. The molecule has 2 aromatic heterocycles. The molecule has 0 aliphatic rings. The average Bonchev–Trinajstić information content (AvgIpc) is 3.31. The lowest BCUT2D eigenvalue weighted by atomic mass is 10.1. The summed E-state index contributed by atoms with van der Waals surface area (Å²) in [7, 11) is 0. The number of nitrogen functional groups attached to an aromatic ring is 1. The summed E-state index contributed by atoms with van der Waals surface area (Å²) >= 11 is 0. The summed E-state index contributed by atoms with van der Waals surface area (Å²) in [6.07, 6.45) is 17.7. The van der Waals surface area contributed by atoms with Gasteiger partial charge in [0, 0.05) is 18.9 Å². The molecule has 2 rings (SSSR count). The number of anilines is 1. The van der Waals surface area contributed by atoms with Crippen molar-refractivity contribution in [1.82, 2.24) is 19.5 Å². The zero-order chi connectivity index (χ0) is 28.5. The first-order chi connectivity index (χ1) is 18.8. The molecule has 0 fully saturated rings. The van der Waals surface area contributed by atoms with E-state index < -0.39 is 12.0 Å². The molecule has 0 bridgehead atoms. The number of imidazole rings is 1. The zero-order valence-electron chi connectivity index (χ0n) is 24.3. The maximum absolute atomic E-state index is 12.4. The van der Waals surface area contributed by atoms with E-state index in [9.17, 15) is 9.59 Å². The number of hydrogen-bond acceptors (Lipinski definition) is 9. The number of rotatable bonds is 21. The third kappa shape index (κ3) is 12.8. The van der Waals surface area contributed by atoms with Crippen molar-refractivity contribution in [3.05, 3.63) is 12.5 Å². The molecule has 10 heteroatoms. The van der Waals surface area contributed by atoms with Crippen molar-refractivity contribution < 1.29 is 19.1 Å². The minimum absolute atomic E-state index is 0.00717. The van der Waals surface area contributed by atoms with Crippen LogP contribution < -0.4 is 11.5 Å². The molecule has 0 aliphatic heterocycles. The summed E-state index contributed by atoms with van der Waals surface area (Å²) in [6, 6.07) is -0.663. The van der Waals surface area contributed by atoms with E-state index in [-0.39, 0.29) is 37.0 Å². The second-order valence-electron chi connectivity index (χ2n) is 10.9. The molecule has 0 radical (unpaired) electrons. The molecular weight excluding hydrogens is 496 g/mol. The number of hydrogen-bond donors (Lipinski definition) is 2. The largest absolute Gasteiger partial charge is 0.465 e. The fourth-order valence-corrected chi connectivity index (χ4v) is 4.42. The number of ether oxygens (including phenoxy) is 2. The maximum Gasteiger partial charge on any atom is 0.323 e. The summed E-state index contributed by atoms with van der Waals surface area (Å²) in [5.41, 5.74) is 12.9. The number of nitrogens with zero attached hydrogens (tertiary/aromatic N) is 4. The number of nitrogens with two attached hydrogens (primary N) is 2. The SMILES string of the molecule is CCCCCCCCCCCCCC(=O)OC[C@H](CCOC(=O)[C@@H](N)C(C)C)Cn1cnc2cnc(N)nc21.